The van der Waals surface area contributed by atoms with Crippen LogP contribution in [0.2, 0.25) is 0 Å². The minimum atomic E-state index is -0.627. The Morgan fingerprint density at radius 2 is 1.46 bits per heavy atom. The highest BCUT2D eigenvalue weighted by Gasteiger charge is 2.47. The minimum absolute atomic E-state index is 0.0222. The molecular weight excluding hydrogens is 508 g/mol. The lowest BCUT2D eigenvalue weighted by molar-refractivity contribution is -0.164. The maximum absolute atomic E-state index is 14.3. The molecule has 0 aliphatic carbocycles. The molecule has 0 saturated carbocycles. The Balaban J connectivity index is 1.70. The average molecular weight is 549 g/mol. The number of nitrogens with zero attached hydrogens (tertiary/aromatic N) is 1. The van der Waals surface area contributed by atoms with E-state index in [-0.39, 0.29) is 24.1 Å². The van der Waals surface area contributed by atoms with Crippen molar-refractivity contribution in [2.75, 3.05) is 12.4 Å². The van der Waals surface area contributed by atoms with Crippen molar-refractivity contribution in [3.8, 4) is 5.75 Å². The summed E-state index contributed by atoms with van der Waals surface area (Å²) in [6, 6.07) is 36.8. The van der Waals surface area contributed by atoms with Gasteiger partial charge in [0.1, 0.15) is 17.3 Å². The van der Waals surface area contributed by atoms with Crippen LogP contribution in [0.4, 0.5) is 5.69 Å². The van der Waals surface area contributed by atoms with Crippen molar-refractivity contribution in [3.05, 3.63) is 131 Å². The van der Waals surface area contributed by atoms with Crippen molar-refractivity contribution >= 4 is 11.7 Å². The summed E-state index contributed by atoms with van der Waals surface area (Å²) < 4.78 is 11.6. The smallest absolute Gasteiger partial charge is 0.313 e. The van der Waals surface area contributed by atoms with Crippen LogP contribution >= 0.6 is 0 Å². The van der Waals surface area contributed by atoms with Crippen LogP contribution in [0.15, 0.2) is 109 Å². The van der Waals surface area contributed by atoms with Gasteiger partial charge in [-0.1, -0.05) is 91.0 Å². The summed E-state index contributed by atoms with van der Waals surface area (Å²) >= 11 is 0. The molecular formula is C36H40N2O3. The average Bonchev–Trinajstić information content (AvgIpc) is 2.99. The molecule has 1 aliphatic rings. The maximum Gasteiger partial charge on any atom is 0.313 e. The fraction of sp³-hybridized carbons (Fsp3) is 0.306. The first-order valence-corrected chi connectivity index (χ1v) is 14.3. The van der Waals surface area contributed by atoms with E-state index in [0.717, 1.165) is 22.6 Å². The van der Waals surface area contributed by atoms with E-state index in [4.69, 9.17) is 9.47 Å². The highest BCUT2D eigenvalue weighted by atomic mass is 16.6. The van der Waals surface area contributed by atoms with Gasteiger partial charge in [-0.25, -0.2) is 0 Å². The summed E-state index contributed by atoms with van der Waals surface area (Å²) in [7, 11) is 1.66. The number of hydrogen-bond donors (Lipinski definition) is 1. The number of rotatable bonds is 8. The van der Waals surface area contributed by atoms with Crippen LogP contribution in [0.3, 0.4) is 0 Å². The number of carbonyl (C=O) groups excluding carboxylic acids is 1. The van der Waals surface area contributed by atoms with Crippen LogP contribution in [0.1, 0.15) is 68.1 Å². The third-order valence-electron chi connectivity index (χ3n) is 7.79. The second-order valence-electron chi connectivity index (χ2n) is 11.7. The fourth-order valence-electron chi connectivity index (χ4n) is 5.83. The van der Waals surface area contributed by atoms with Crippen LogP contribution in [0, 0.1) is 5.92 Å². The number of fused-ring (bicyclic) bond motifs is 1. The molecule has 0 saturated heterocycles. The van der Waals surface area contributed by atoms with E-state index in [9.17, 15) is 4.79 Å². The van der Waals surface area contributed by atoms with Gasteiger partial charge in [0, 0.05) is 18.3 Å². The number of carbonyl (C=O) groups is 1. The summed E-state index contributed by atoms with van der Waals surface area (Å²) in [5.74, 6) is 0.0368. The Morgan fingerprint density at radius 1 is 0.854 bits per heavy atom. The van der Waals surface area contributed by atoms with Crippen molar-refractivity contribution in [2.24, 2.45) is 5.92 Å². The Bertz CT molecular complexity index is 1430. The lowest BCUT2D eigenvalue weighted by Gasteiger charge is -2.47. The van der Waals surface area contributed by atoms with E-state index in [1.807, 2.05) is 63.2 Å². The van der Waals surface area contributed by atoms with E-state index < -0.39 is 11.5 Å². The Kier molecular flexibility index (Phi) is 8.46. The molecule has 0 fully saturated rings. The quantitative estimate of drug-likeness (QED) is 0.225. The predicted molar refractivity (Wildman–Crippen MR) is 165 cm³/mol. The second kappa shape index (κ2) is 12.2. The molecule has 4 aromatic carbocycles. The molecule has 0 bridgehead atoms. The van der Waals surface area contributed by atoms with E-state index in [1.54, 1.807) is 7.11 Å². The summed E-state index contributed by atoms with van der Waals surface area (Å²) in [4.78, 5) is 16.8. The van der Waals surface area contributed by atoms with Crippen LogP contribution in [0.25, 0.3) is 0 Å². The predicted octanol–water partition coefficient (Wildman–Crippen LogP) is 8.12. The van der Waals surface area contributed by atoms with Crippen molar-refractivity contribution < 1.29 is 14.3 Å². The molecule has 1 N–H and O–H groups in total. The van der Waals surface area contributed by atoms with E-state index >= 15 is 0 Å². The summed E-state index contributed by atoms with van der Waals surface area (Å²) in [6.45, 7) is 8.70. The van der Waals surface area contributed by atoms with Gasteiger partial charge in [-0.05, 0) is 68.1 Å². The van der Waals surface area contributed by atoms with E-state index in [1.165, 1.54) is 11.1 Å². The lowest BCUT2D eigenvalue weighted by atomic mass is 9.77. The largest absolute Gasteiger partial charge is 0.497 e. The Hall–Kier alpha value is -4.09. The summed E-state index contributed by atoms with van der Waals surface area (Å²) in [5.41, 5.74) is 4.88. The molecule has 0 amide bonds. The van der Waals surface area contributed by atoms with Gasteiger partial charge in [0.15, 0.2) is 0 Å². The maximum atomic E-state index is 14.3. The molecule has 5 nitrogen and oxygen atoms in total. The molecule has 0 spiro atoms. The van der Waals surface area contributed by atoms with Crippen LogP contribution in [-0.2, 0) is 16.1 Å². The van der Waals surface area contributed by atoms with E-state index in [2.05, 4.69) is 83.9 Å². The van der Waals surface area contributed by atoms with Crippen LogP contribution < -0.4 is 10.1 Å². The second-order valence-corrected chi connectivity index (χ2v) is 11.7. The van der Waals surface area contributed by atoms with Gasteiger partial charge in [0.25, 0.3) is 0 Å². The molecule has 1 unspecified atom stereocenters. The number of methoxy groups -OCH3 is 1. The first kappa shape index (κ1) is 28.4. The molecule has 0 radical (unpaired) electrons. The summed E-state index contributed by atoms with van der Waals surface area (Å²) in [6.07, 6.45) is 0. The van der Waals surface area contributed by atoms with Gasteiger partial charge in [0.05, 0.1) is 19.2 Å². The van der Waals surface area contributed by atoms with Gasteiger partial charge in [-0.15, -0.1) is 0 Å². The molecule has 5 heteroatoms. The highest BCUT2D eigenvalue weighted by Crippen LogP contribution is 2.50. The zero-order chi connectivity index (χ0) is 29.0. The van der Waals surface area contributed by atoms with Gasteiger partial charge in [0.2, 0.25) is 0 Å². The highest BCUT2D eigenvalue weighted by molar-refractivity contribution is 5.78. The number of nitrogens with one attached hydrogen (secondary N) is 1. The molecule has 4 aromatic rings. The molecule has 4 atom stereocenters. The third-order valence-corrected chi connectivity index (χ3v) is 7.79. The number of ether oxygens (including phenoxy) is 2. The zero-order valence-electron chi connectivity index (χ0n) is 24.6. The first-order valence-electron chi connectivity index (χ1n) is 14.3. The molecule has 5 rings (SSSR count). The molecule has 41 heavy (non-hydrogen) atoms. The van der Waals surface area contributed by atoms with Crippen molar-refractivity contribution in [2.45, 2.75) is 58.0 Å². The number of benzene rings is 4. The number of esters is 1. The van der Waals surface area contributed by atoms with E-state index in [0.29, 0.717) is 6.54 Å². The molecule has 1 aliphatic heterocycles. The number of para-hydroxylation sites is 1. The normalized spacial score (nSPS) is 19.1. The van der Waals surface area contributed by atoms with Crippen LogP contribution in [0.5, 0.6) is 5.75 Å². The van der Waals surface area contributed by atoms with Crippen LogP contribution in [-0.4, -0.2) is 23.6 Å². The van der Waals surface area contributed by atoms with Crippen molar-refractivity contribution in [1.82, 2.24) is 4.90 Å². The van der Waals surface area contributed by atoms with Gasteiger partial charge in [-0.3, -0.25) is 9.69 Å². The monoisotopic (exact) mass is 548 g/mol. The van der Waals surface area contributed by atoms with Gasteiger partial charge < -0.3 is 14.8 Å². The lowest BCUT2D eigenvalue weighted by Crippen LogP contribution is -2.47. The third kappa shape index (κ3) is 6.47. The first-order chi connectivity index (χ1) is 19.7. The minimum Gasteiger partial charge on any atom is -0.497 e. The molecule has 1 heterocycles. The topological polar surface area (TPSA) is 50.8 Å². The molecule has 0 aromatic heterocycles. The van der Waals surface area contributed by atoms with Gasteiger partial charge >= 0.3 is 5.97 Å². The number of anilines is 1. The Morgan fingerprint density at radius 3 is 2.10 bits per heavy atom. The van der Waals surface area contributed by atoms with Gasteiger partial charge in [-0.2, -0.15) is 0 Å². The van der Waals surface area contributed by atoms with Crippen molar-refractivity contribution in [3.63, 3.8) is 0 Å². The van der Waals surface area contributed by atoms with Crippen molar-refractivity contribution in [1.29, 1.82) is 0 Å². The standard InChI is InChI=1S/C36H40N2O3/c1-25(27-16-10-7-11-17-27)38(24-26-14-8-6-9-15-26)34-30-18-12-13-19-31(30)37-33(28-20-22-29(40-5)23-21-28)32(34)35(39)41-36(2,3)4/h6-23,25,32-34,37H,24H2,1-5H3/t25-,32-,33+,34?/m1/s1. The number of hydrogen-bond acceptors (Lipinski definition) is 5. The Labute approximate surface area is 244 Å². The fourth-order valence-corrected chi connectivity index (χ4v) is 5.83. The molecule has 212 valence electrons. The summed E-state index contributed by atoms with van der Waals surface area (Å²) in [5, 5.41) is 3.73. The zero-order valence-corrected chi connectivity index (χ0v) is 24.6. The SMILES string of the molecule is COc1ccc([C@@H]2Nc3ccccc3C(N(Cc3ccccc3)[C@H](C)c3ccccc3)[C@@H]2C(=O)OC(C)(C)C)cc1.